The number of fused-ring (bicyclic) bond motifs is 1. The molecule has 2 N–H and O–H groups in total. The van der Waals surface area contributed by atoms with Crippen LogP contribution >= 0.6 is 11.6 Å². The summed E-state index contributed by atoms with van der Waals surface area (Å²) in [4.78, 5) is 17.3. The Bertz CT molecular complexity index is 1140. The van der Waals surface area contributed by atoms with Gasteiger partial charge in [-0.1, -0.05) is 35.9 Å². The Balaban J connectivity index is 2.27. The van der Waals surface area contributed by atoms with Gasteiger partial charge in [-0.25, -0.2) is 9.78 Å². The first-order chi connectivity index (χ1) is 13.8. The molecule has 7 heteroatoms. The molecule has 2 aromatic rings. The molecule has 0 fully saturated rings. The topological polar surface area (TPSA) is 98.2 Å². The van der Waals surface area contributed by atoms with E-state index in [1.165, 1.54) is 6.08 Å². The van der Waals surface area contributed by atoms with Crippen LogP contribution in [0.3, 0.4) is 0 Å². The van der Waals surface area contributed by atoms with Gasteiger partial charge >= 0.3 is 5.97 Å². The van der Waals surface area contributed by atoms with Crippen LogP contribution in [0, 0.1) is 25.2 Å². The Morgan fingerprint density at radius 1 is 1.41 bits per heavy atom. The van der Waals surface area contributed by atoms with Gasteiger partial charge in [0.05, 0.1) is 17.0 Å². The molecule has 0 aliphatic carbocycles. The van der Waals surface area contributed by atoms with Crippen molar-refractivity contribution in [2.45, 2.75) is 26.7 Å². The van der Waals surface area contributed by atoms with Crippen LogP contribution in [0.5, 0.6) is 0 Å². The maximum atomic E-state index is 12.8. The fraction of sp³-hybridized carbons (Fsp3) is 0.227. The molecule has 0 saturated carbocycles. The van der Waals surface area contributed by atoms with Crippen molar-refractivity contribution in [1.82, 2.24) is 4.98 Å². The van der Waals surface area contributed by atoms with E-state index in [1.54, 1.807) is 6.92 Å². The predicted octanol–water partition coefficient (Wildman–Crippen LogP) is 4.32. The maximum absolute atomic E-state index is 12.8. The zero-order valence-electron chi connectivity index (χ0n) is 16.4. The number of aryl methyl sites for hydroxylation is 2. The number of nitriles is 1. The highest BCUT2D eigenvalue weighted by Crippen LogP contribution is 2.42. The van der Waals surface area contributed by atoms with E-state index in [1.807, 2.05) is 38.1 Å². The smallest absolute Gasteiger partial charge is 0.338 e. The van der Waals surface area contributed by atoms with E-state index in [-0.39, 0.29) is 34.5 Å². The third-order valence-corrected chi connectivity index (χ3v) is 5.01. The molecule has 148 valence electrons. The molecular weight excluding hydrogens is 390 g/mol. The fourth-order valence-corrected chi connectivity index (χ4v) is 3.77. The van der Waals surface area contributed by atoms with Gasteiger partial charge in [0.2, 0.25) is 5.88 Å². The molecule has 1 unspecified atom stereocenters. The van der Waals surface area contributed by atoms with E-state index in [0.717, 1.165) is 22.0 Å². The number of aromatic nitrogens is 1. The highest BCUT2D eigenvalue weighted by Gasteiger charge is 2.38. The van der Waals surface area contributed by atoms with E-state index in [2.05, 4.69) is 11.6 Å². The van der Waals surface area contributed by atoms with Crippen LogP contribution in [0.1, 0.15) is 29.5 Å². The first-order valence-corrected chi connectivity index (χ1v) is 9.30. The van der Waals surface area contributed by atoms with E-state index in [0.29, 0.717) is 5.56 Å². The zero-order valence-corrected chi connectivity index (χ0v) is 17.1. The number of benzene rings is 1. The minimum absolute atomic E-state index is 0.0194. The van der Waals surface area contributed by atoms with Crippen molar-refractivity contribution in [3.8, 4) is 6.07 Å². The van der Waals surface area contributed by atoms with Crippen molar-refractivity contribution in [2.75, 3.05) is 6.61 Å². The minimum Gasteiger partial charge on any atom is -0.458 e. The van der Waals surface area contributed by atoms with Crippen molar-refractivity contribution in [2.24, 2.45) is 5.73 Å². The number of allylic oxidation sites excluding steroid dienone is 2. The number of ether oxygens (including phenoxy) is 2. The van der Waals surface area contributed by atoms with Crippen LogP contribution in [0.15, 0.2) is 53.6 Å². The van der Waals surface area contributed by atoms with Crippen molar-refractivity contribution in [3.63, 3.8) is 0 Å². The molecule has 2 heterocycles. The predicted molar refractivity (Wildman–Crippen MR) is 111 cm³/mol. The van der Waals surface area contributed by atoms with E-state index < -0.39 is 11.9 Å². The number of nitrogens with two attached hydrogens (primary N) is 1. The quantitative estimate of drug-likeness (QED) is 0.458. The van der Waals surface area contributed by atoms with Crippen LogP contribution in [0.25, 0.3) is 10.9 Å². The van der Waals surface area contributed by atoms with Gasteiger partial charge in [-0.2, -0.15) is 5.26 Å². The van der Waals surface area contributed by atoms with Crippen LogP contribution in [0.4, 0.5) is 0 Å². The number of rotatable bonds is 4. The third-order valence-electron chi connectivity index (χ3n) is 4.70. The summed E-state index contributed by atoms with van der Waals surface area (Å²) >= 11 is 6.52. The SMILES string of the molecule is C=CCOC(=O)C1=C(C)OC(N)=C(C#N)C1c1cc2cc(C)cc(C)c2nc1Cl. The van der Waals surface area contributed by atoms with Gasteiger partial charge in [-0.05, 0) is 38.5 Å². The summed E-state index contributed by atoms with van der Waals surface area (Å²) in [6.45, 7) is 9.09. The Labute approximate surface area is 173 Å². The zero-order chi connectivity index (χ0) is 21.3. The standard InChI is InChI=1S/C22H20ClN3O3/c1-5-6-28-22(27)17-13(4)29-21(25)16(10-24)18(17)15-9-14-8-11(2)7-12(3)19(14)26-20(15)23/h5,7-9,18H,1,6,25H2,2-4H3. The van der Waals surface area contributed by atoms with Crippen LogP contribution in [-0.2, 0) is 14.3 Å². The van der Waals surface area contributed by atoms with Gasteiger partial charge in [-0.3, -0.25) is 0 Å². The molecule has 29 heavy (non-hydrogen) atoms. The lowest BCUT2D eigenvalue weighted by molar-refractivity contribution is -0.138. The van der Waals surface area contributed by atoms with E-state index in [9.17, 15) is 10.1 Å². The average molecular weight is 410 g/mol. The van der Waals surface area contributed by atoms with Gasteiger partial charge in [-0.15, -0.1) is 0 Å². The van der Waals surface area contributed by atoms with E-state index in [4.69, 9.17) is 26.8 Å². The number of carbonyl (C=O) groups excluding carboxylic acids is 1. The van der Waals surface area contributed by atoms with Crippen LogP contribution in [0.2, 0.25) is 5.15 Å². The third kappa shape index (κ3) is 3.69. The van der Waals surface area contributed by atoms with Crippen LogP contribution in [-0.4, -0.2) is 17.6 Å². The van der Waals surface area contributed by atoms with Gasteiger partial charge in [0, 0.05) is 10.9 Å². The Kier molecular flexibility index (Phi) is 5.62. The first-order valence-electron chi connectivity index (χ1n) is 8.92. The fourth-order valence-electron chi connectivity index (χ4n) is 3.52. The first kappa shape index (κ1) is 20.4. The summed E-state index contributed by atoms with van der Waals surface area (Å²) in [7, 11) is 0. The van der Waals surface area contributed by atoms with Crippen LogP contribution < -0.4 is 5.73 Å². The van der Waals surface area contributed by atoms with Gasteiger partial charge in [0.1, 0.15) is 29.2 Å². The summed E-state index contributed by atoms with van der Waals surface area (Å²) in [6, 6.07) is 7.86. The second kappa shape index (κ2) is 7.98. The highest BCUT2D eigenvalue weighted by atomic mass is 35.5. The average Bonchev–Trinajstić information content (AvgIpc) is 2.65. The second-order valence-electron chi connectivity index (χ2n) is 6.80. The summed E-state index contributed by atoms with van der Waals surface area (Å²) in [5, 5.41) is 10.8. The second-order valence-corrected chi connectivity index (χ2v) is 7.16. The lowest BCUT2D eigenvalue weighted by Gasteiger charge is -2.27. The molecule has 1 aromatic carbocycles. The minimum atomic E-state index is -0.851. The summed E-state index contributed by atoms with van der Waals surface area (Å²) in [5.74, 6) is -1.32. The number of esters is 1. The summed E-state index contributed by atoms with van der Waals surface area (Å²) in [5.41, 5.74) is 9.46. The monoisotopic (exact) mass is 409 g/mol. The van der Waals surface area contributed by atoms with Crippen molar-refractivity contribution in [1.29, 1.82) is 5.26 Å². The molecule has 0 bridgehead atoms. The lowest BCUT2D eigenvalue weighted by atomic mass is 9.83. The maximum Gasteiger partial charge on any atom is 0.338 e. The number of pyridine rings is 1. The molecule has 1 aromatic heterocycles. The molecule has 6 nitrogen and oxygen atoms in total. The molecule has 1 atom stereocenters. The number of halogens is 1. The summed E-state index contributed by atoms with van der Waals surface area (Å²) in [6.07, 6.45) is 1.46. The molecule has 3 rings (SSSR count). The van der Waals surface area contributed by atoms with E-state index >= 15 is 0 Å². The molecular formula is C22H20ClN3O3. The lowest BCUT2D eigenvalue weighted by Crippen LogP contribution is -2.26. The number of carbonyl (C=O) groups is 1. The highest BCUT2D eigenvalue weighted by molar-refractivity contribution is 6.31. The Morgan fingerprint density at radius 3 is 2.79 bits per heavy atom. The van der Waals surface area contributed by atoms with Gasteiger partial charge in [0.25, 0.3) is 0 Å². The normalized spacial score (nSPS) is 16.4. The molecule has 1 aliphatic rings. The number of nitrogens with zero attached hydrogens (tertiary/aromatic N) is 2. The number of hydrogen-bond donors (Lipinski definition) is 1. The molecule has 1 aliphatic heterocycles. The van der Waals surface area contributed by atoms with Gasteiger partial charge < -0.3 is 15.2 Å². The van der Waals surface area contributed by atoms with Crippen molar-refractivity contribution < 1.29 is 14.3 Å². The molecule has 0 amide bonds. The Morgan fingerprint density at radius 2 is 2.14 bits per heavy atom. The molecule has 0 saturated heterocycles. The number of hydrogen-bond acceptors (Lipinski definition) is 6. The largest absolute Gasteiger partial charge is 0.458 e. The Hall–Kier alpha value is -3.30. The molecule has 0 spiro atoms. The molecule has 0 radical (unpaired) electrons. The van der Waals surface area contributed by atoms with Crippen molar-refractivity contribution in [3.05, 3.63) is 75.5 Å². The van der Waals surface area contributed by atoms with Crippen molar-refractivity contribution >= 4 is 28.5 Å². The summed E-state index contributed by atoms with van der Waals surface area (Å²) < 4.78 is 10.7. The van der Waals surface area contributed by atoms with Gasteiger partial charge in [0.15, 0.2) is 0 Å².